The molecule has 3 nitrogen and oxygen atoms in total. The smallest absolute Gasteiger partial charge is 0.133 e. The summed E-state index contributed by atoms with van der Waals surface area (Å²) in [5.74, 6) is 1.87. The molecule has 1 aliphatic heterocycles. The largest absolute Gasteiger partial charge is 0.363 e. The molecule has 166 valence electrons. The van der Waals surface area contributed by atoms with E-state index in [1.54, 1.807) is 11.1 Å². The van der Waals surface area contributed by atoms with Gasteiger partial charge in [-0.05, 0) is 94.1 Å². The Hall–Kier alpha value is -0.930. The minimum atomic E-state index is 0.122. The van der Waals surface area contributed by atoms with Crippen LogP contribution < -0.4 is 0 Å². The molecule has 0 unspecified atom stereocenters. The van der Waals surface area contributed by atoms with Gasteiger partial charge in [-0.2, -0.15) is 0 Å². The summed E-state index contributed by atoms with van der Waals surface area (Å²) in [6.45, 7) is 12.3. The van der Waals surface area contributed by atoms with Crippen LogP contribution in [-0.2, 0) is 9.53 Å². The van der Waals surface area contributed by atoms with Crippen molar-refractivity contribution in [1.29, 1.82) is 0 Å². The number of fused-ring (bicyclic) bond motifs is 6. The Kier molecular flexibility index (Phi) is 4.74. The van der Waals surface area contributed by atoms with Crippen LogP contribution in [0.15, 0.2) is 23.3 Å². The fourth-order valence-electron chi connectivity index (χ4n) is 8.77. The molecular weight excluding hydrogens is 370 g/mol. The molecule has 30 heavy (non-hydrogen) atoms. The number of ether oxygens (including phenoxy) is 1. The minimum absolute atomic E-state index is 0.122. The molecule has 3 heteroatoms. The number of carbonyl (C=O) groups excluding carboxylic acids is 1. The first-order chi connectivity index (χ1) is 14.1. The van der Waals surface area contributed by atoms with Crippen molar-refractivity contribution in [3.8, 4) is 0 Å². The van der Waals surface area contributed by atoms with Crippen LogP contribution in [0, 0.1) is 34.0 Å². The van der Waals surface area contributed by atoms with Gasteiger partial charge in [-0.1, -0.05) is 38.5 Å². The van der Waals surface area contributed by atoms with Crippen LogP contribution in [0.25, 0.3) is 0 Å². The van der Waals surface area contributed by atoms with E-state index < -0.39 is 0 Å². The van der Waals surface area contributed by atoms with Crippen LogP contribution in [0.4, 0.5) is 0 Å². The molecule has 0 spiro atoms. The van der Waals surface area contributed by atoms with Crippen molar-refractivity contribution in [3.63, 3.8) is 0 Å². The van der Waals surface area contributed by atoms with E-state index >= 15 is 0 Å². The zero-order valence-corrected chi connectivity index (χ0v) is 20.0. The molecule has 3 fully saturated rings. The summed E-state index contributed by atoms with van der Waals surface area (Å²) in [5, 5.41) is 0. The van der Waals surface area contributed by atoms with Crippen molar-refractivity contribution >= 4 is 5.78 Å². The zero-order valence-electron chi connectivity index (χ0n) is 20.0. The Balaban J connectivity index is 1.50. The van der Waals surface area contributed by atoms with Gasteiger partial charge in [0.15, 0.2) is 0 Å². The minimum Gasteiger partial charge on any atom is -0.363 e. The van der Waals surface area contributed by atoms with Gasteiger partial charge in [0.1, 0.15) is 12.0 Å². The van der Waals surface area contributed by atoms with Gasteiger partial charge in [0, 0.05) is 17.4 Å². The second kappa shape index (κ2) is 6.78. The molecule has 5 rings (SSSR count). The van der Waals surface area contributed by atoms with Gasteiger partial charge in [-0.3, -0.25) is 9.69 Å². The third-order valence-electron chi connectivity index (χ3n) is 11.0. The van der Waals surface area contributed by atoms with Crippen molar-refractivity contribution in [2.75, 3.05) is 13.7 Å². The maximum absolute atomic E-state index is 12.5. The van der Waals surface area contributed by atoms with Gasteiger partial charge in [0.25, 0.3) is 0 Å². The lowest BCUT2D eigenvalue weighted by Crippen LogP contribution is -2.61. The average molecular weight is 412 g/mol. The molecule has 0 aromatic rings. The highest BCUT2D eigenvalue weighted by Crippen LogP contribution is 2.67. The molecule has 1 saturated heterocycles. The first kappa shape index (κ1) is 20.9. The van der Waals surface area contributed by atoms with Gasteiger partial charge in [-0.15, -0.1) is 0 Å². The summed E-state index contributed by atoms with van der Waals surface area (Å²) >= 11 is 0. The van der Waals surface area contributed by atoms with E-state index in [9.17, 15) is 4.79 Å². The number of rotatable bonds is 1. The molecule has 0 bridgehead atoms. The molecule has 8 atom stereocenters. The van der Waals surface area contributed by atoms with Crippen LogP contribution in [0.1, 0.15) is 79.6 Å². The first-order valence-electron chi connectivity index (χ1n) is 12.4. The lowest BCUT2D eigenvalue weighted by molar-refractivity contribution is -0.186. The van der Waals surface area contributed by atoms with Crippen molar-refractivity contribution in [2.24, 2.45) is 34.0 Å². The van der Waals surface area contributed by atoms with E-state index in [4.69, 9.17) is 4.74 Å². The number of allylic oxidation sites excluding steroid dienone is 4. The number of hydrogen-bond donors (Lipinski definition) is 0. The van der Waals surface area contributed by atoms with E-state index in [-0.39, 0.29) is 28.4 Å². The molecule has 5 aliphatic rings. The van der Waals surface area contributed by atoms with Gasteiger partial charge < -0.3 is 4.74 Å². The van der Waals surface area contributed by atoms with Gasteiger partial charge in [0.05, 0.1) is 6.61 Å². The standard InChI is InChI=1S/C27H41NO2/c1-17(29)21-12-14-27(5)23-9-8-22-19(15-20(23)11-13-26(21,27)4)7-10-24-25(22,3)16-30-18(2)28(24)6/h11,15,18,21-24H,7-10,12-14,16H2,1-6H3/t18-,21-,22-,23-,24+,25-,26-,27+/m1/s1. The predicted molar refractivity (Wildman–Crippen MR) is 121 cm³/mol. The van der Waals surface area contributed by atoms with Crippen LogP contribution in [0.5, 0.6) is 0 Å². The zero-order chi connectivity index (χ0) is 21.5. The summed E-state index contributed by atoms with van der Waals surface area (Å²) in [6, 6.07) is 0.618. The fraction of sp³-hybridized carbons (Fsp3) is 0.815. The van der Waals surface area contributed by atoms with Gasteiger partial charge in [0.2, 0.25) is 0 Å². The van der Waals surface area contributed by atoms with Crippen LogP contribution in [0.3, 0.4) is 0 Å². The summed E-state index contributed by atoms with van der Waals surface area (Å²) in [6.07, 6.45) is 13.7. The SMILES string of the molecule is CC(=O)[C@H]1CC[C@@]2(C)[C@@H]3CC[C@@H]4C(=CC3=CC[C@]12C)CC[C@@H]1N(C)[C@@H](C)OC[C@]41C. The number of Topliss-reactive ketones (excluding diaryl/α,β-unsaturated/α-hetero) is 1. The molecule has 1 heterocycles. The lowest BCUT2D eigenvalue weighted by Gasteiger charge is -2.56. The Morgan fingerprint density at radius 2 is 1.83 bits per heavy atom. The second-order valence-electron chi connectivity index (χ2n) is 12.0. The predicted octanol–water partition coefficient (Wildman–Crippen LogP) is 5.76. The average Bonchev–Trinajstić information content (AvgIpc) is 2.84. The second-order valence-corrected chi connectivity index (χ2v) is 12.0. The highest BCUT2D eigenvalue weighted by atomic mass is 16.5. The van der Waals surface area contributed by atoms with E-state index in [0.29, 0.717) is 23.7 Å². The number of nitrogens with zero attached hydrogens (tertiary/aromatic N) is 1. The Labute approximate surface area is 183 Å². The number of hydrogen-bond acceptors (Lipinski definition) is 3. The molecule has 0 radical (unpaired) electrons. The Bertz CT molecular complexity index is 814. The third kappa shape index (κ3) is 2.60. The van der Waals surface area contributed by atoms with Crippen molar-refractivity contribution in [1.82, 2.24) is 4.90 Å². The topological polar surface area (TPSA) is 29.5 Å². The van der Waals surface area contributed by atoms with E-state index in [1.807, 2.05) is 6.92 Å². The maximum atomic E-state index is 12.5. The van der Waals surface area contributed by atoms with Gasteiger partial charge >= 0.3 is 0 Å². The highest BCUT2D eigenvalue weighted by molar-refractivity contribution is 5.80. The molecular formula is C27H41NO2. The first-order valence-corrected chi connectivity index (χ1v) is 12.4. The van der Waals surface area contributed by atoms with E-state index in [0.717, 1.165) is 19.4 Å². The molecule has 4 aliphatic carbocycles. The molecule has 0 amide bonds. The molecule has 0 aromatic heterocycles. The molecule has 0 aromatic carbocycles. The third-order valence-corrected chi connectivity index (χ3v) is 11.0. The van der Waals surface area contributed by atoms with Crippen LogP contribution >= 0.6 is 0 Å². The van der Waals surface area contributed by atoms with Crippen LogP contribution in [0.2, 0.25) is 0 Å². The van der Waals surface area contributed by atoms with Crippen molar-refractivity contribution in [3.05, 3.63) is 23.3 Å². The molecule has 0 N–H and O–H groups in total. The van der Waals surface area contributed by atoms with E-state index in [2.05, 4.69) is 51.8 Å². The van der Waals surface area contributed by atoms with Gasteiger partial charge in [-0.25, -0.2) is 0 Å². The lowest BCUT2D eigenvalue weighted by atomic mass is 9.52. The van der Waals surface area contributed by atoms with E-state index in [1.165, 1.54) is 32.1 Å². The Morgan fingerprint density at radius 1 is 1.10 bits per heavy atom. The van der Waals surface area contributed by atoms with Crippen molar-refractivity contribution < 1.29 is 9.53 Å². The summed E-state index contributed by atoms with van der Waals surface area (Å²) in [4.78, 5) is 15.0. The molecule has 2 saturated carbocycles. The normalized spacial score (nSPS) is 50.9. The monoisotopic (exact) mass is 411 g/mol. The maximum Gasteiger partial charge on any atom is 0.133 e. The summed E-state index contributed by atoms with van der Waals surface area (Å²) < 4.78 is 6.26. The quantitative estimate of drug-likeness (QED) is 0.549. The number of carbonyl (C=O) groups is 1. The highest BCUT2D eigenvalue weighted by Gasteiger charge is 2.61. The van der Waals surface area contributed by atoms with Crippen LogP contribution in [-0.4, -0.2) is 36.6 Å². The summed E-state index contributed by atoms with van der Waals surface area (Å²) in [5.41, 5.74) is 3.85. The Morgan fingerprint density at radius 3 is 2.57 bits per heavy atom. The van der Waals surface area contributed by atoms with Crippen molar-refractivity contribution in [2.45, 2.75) is 91.8 Å². The number of ketones is 1. The fourth-order valence-corrected chi connectivity index (χ4v) is 8.77. The summed E-state index contributed by atoms with van der Waals surface area (Å²) in [7, 11) is 2.26.